The molecule has 55 heavy (non-hydrogen) atoms. The van der Waals surface area contributed by atoms with Crippen molar-refractivity contribution >= 4 is 50.2 Å². The summed E-state index contributed by atoms with van der Waals surface area (Å²) in [4.78, 5) is 34.5. The van der Waals surface area contributed by atoms with E-state index in [2.05, 4.69) is 0 Å². The third-order valence-electron chi connectivity index (χ3n) is 7.08. The molecule has 0 aliphatic heterocycles. The van der Waals surface area contributed by atoms with Gasteiger partial charge in [-0.25, -0.2) is 0 Å². The van der Waals surface area contributed by atoms with Crippen molar-refractivity contribution in [2.24, 2.45) is 0 Å². The van der Waals surface area contributed by atoms with E-state index >= 15 is 0 Å². The van der Waals surface area contributed by atoms with Crippen molar-refractivity contribution in [3.05, 3.63) is 215 Å². The van der Waals surface area contributed by atoms with Crippen LogP contribution in [0, 0.1) is 0 Å². The molecule has 0 heterocycles. The molecule has 0 aromatic heterocycles. The summed E-state index contributed by atoms with van der Waals surface area (Å²) in [6, 6.07) is 57.5. The molecule has 0 spiro atoms. The molecule has 0 saturated carbocycles. The maximum Gasteiger partial charge on any atom is 3.00 e. The van der Waals surface area contributed by atoms with Crippen molar-refractivity contribution in [2.75, 3.05) is 0 Å². The Morgan fingerprint density at radius 3 is 0.509 bits per heavy atom. The monoisotopic (exact) mass is 904 g/mol. The summed E-state index contributed by atoms with van der Waals surface area (Å²) in [5.41, 5.74) is 5.86. The van der Waals surface area contributed by atoms with Crippen molar-refractivity contribution in [1.82, 2.24) is 0 Å². The predicted octanol–water partition coefficient (Wildman–Crippen LogP) is 8.64. The summed E-state index contributed by atoms with van der Waals surface area (Å²) in [5, 5.41) is 0. The number of rotatable bonds is 18. The topological polar surface area (TPSA) is 125 Å². The third-order valence-corrected chi connectivity index (χ3v) is 9.12. The summed E-state index contributed by atoms with van der Waals surface area (Å²) in [5.74, 6) is 0. The minimum absolute atomic E-state index is 0. The molecule has 0 unspecified atom stereocenters. The Bertz CT molecular complexity index is 1430. The first-order chi connectivity index (χ1) is 26.5. The first kappa shape index (κ1) is 46.5. The Hall–Kier alpha value is -2.93. The van der Waals surface area contributed by atoms with Gasteiger partial charge in [0.15, 0.2) is 0 Å². The number of hydrogen-bond donors (Lipinski definition) is 0. The van der Waals surface area contributed by atoms with Crippen LogP contribution in [-0.2, 0) is 66.8 Å². The molecule has 6 aromatic carbocycles. The molecule has 0 saturated heterocycles. The Labute approximate surface area is 345 Å². The smallest absolute Gasteiger partial charge is 0.786 e. The van der Waals surface area contributed by atoms with Crippen LogP contribution in [0.15, 0.2) is 182 Å². The van der Waals surface area contributed by atoms with E-state index < -0.39 is 25.8 Å². The molecule has 13 heteroatoms. The van der Waals surface area contributed by atoms with Crippen LogP contribution in [0.25, 0.3) is 0 Å². The van der Waals surface area contributed by atoms with Crippen molar-refractivity contribution in [1.29, 1.82) is 0 Å². The van der Waals surface area contributed by atoms with Crippen LogP contribution in [0.5, 0.6) is 0 Å². The SMILES string of the molecule is [O-]P(OCc1ccccc1)OCc1ccccc1.[O-]P(OCc1ccccc1)OCc1ccccc1.[O-]P(OCc1ccccc1)OCc1ccccc1.[Sb+3]. The van der Waals surface area contributed by atoms with Crippen molar-refractivity contribution in [2.45, 2.75) is 39.6 Å². The average Bonchev–Trinajstić information content (AvgIpc) is 3.24. The van der Waals surface area contributed by atoms with Gasteiger partial charge in [-0.3, -0.25) is 0 Å². The Morgan fingerprint density at radius 2 is 0.382 bits per heavy atom. The maximum atomic E-state index is 11.5. The van der Waals surface area contributed by atoms with E-state index in [0.29, 0.717) is 39.6 Å². The molecule has 6 aromatic rings. The third kappa shape index (κ3) is 21.8. The normalized spacial score (nSPS) is 10.6. The largest absolute Gasteiger partial charge is 3.00 e. The molecular weight excluding hydrogens is 863 g/mol. The van der Waals surface area contributed by atoms with Gasteiger partial charge in [-0.05, 0) is 33.4 Å². The summed E-state index contributed by atoms with van der Waals surface area (Å²) in [7, 11) is -6.23. The molecule has 0 aliphatic carbocycles. The van der Waals surface area contributed by atoms with Crippen LogP contribution in [0.1, 0.15) is 33.4 Å². The van der Waals surface area contributed by atoms with Gasteiger partial charge >= 0.3 is 24.4 Å². The van der Waals surface area contributed by atoms with E-state index in [0.717, 1.165) is 33.4 Å². The molecular formula is C42H42O9P3Sb. The average molecular weight is 905 g/mol. The predicted molar refractivity (Wildman–Crippen MR) is 214 cm³/mol. The molecule has 9 nitrogen and oxygen atoms in total. The van der Waals surface area contributed by atoms with E-state index in [-0.39, 0.29) is 24.4 Å². The molecule has 6 rings (SSSR count). The first-order valence-electron chi connectivity index (χ1n) is 17.0. The summed E-state index contributed by atoms with van der Waals surface area (Å²) in [6.45, 7) is 1.78. The van der Waals surface area contributed by atoms with Gasteiger partial charge in [0.2, 0.25) is 0 Å². The standard InChI is InChI=1S/3C14H14O3P.Sb/c3*15-18(16-11-13-7-3-1-4-8-13)17-12-14-9-5-2-6-10-14;/h3*1-10H,11-12H2;/q3*-1;+3. The van der Waals surface area contributed by atoms with Crippen LogP contribution in [0.3, 0.4) is 0 Å². The molecule has 2 radical (unpaired) electrons. The molecule has 0 atom stereocenters. The van der Waals surface area contributed by atoms with Gasteiger partial charge in [-0.15, -0.1) is 0 Å². The second-order valence-corrected chi connectivity index (χ2v) is 14.1. The zero-order chi connectivity index (χ0) is 37.9. The Morgan fingerprint density at radius 1 is 0.255 bits per heavy atom. The van der Waals surface area contributed by atoms with Crippen LogP contribution in [-0.4, -0.2) is 24.4 Å². The molecule has 0 amide bonds. The molecule has 0 bridgehead atoms. The van der Waals surface area contributed by atoms with E-state index in [4.69, 9.17) is 27.1 Å². The molecule has 0 N–H and O–H groups in total. The minimum Gasteiger partial charge on any atom is -0.786 e. The van der Waals surface area contributed by atoms with Gasteiger partial charge < -0.3 is 41.8 Å². The first-order valence-corrected chi connectivity index (χ1v) is 20.2. The van der Waals surface area contributed by atoms with Crippen LogP contribution in [0.4, 0.5) is 0 Å². The fraction of sp³-hybridized carbons (Fsp3) is 0.143. The van der Waals surface area contributed by atoms with Crippen LogP contribution in [0.2, 0.25) is 0 Å². The van der Waals surface area contributed by atoms with E-state index in [1.807, 2.05) is 182 Å². The quantitative estimate of drug-likeness (QED) is 0.0616. The van der Waals surface area contributed by atoms with Crippen molar-refractivity contribution in [3.63, 3.8) is 0 Å². The molecule has 284 valence electrons. The van der Waals surface area contributed by atoms with Crippen LogP contribution < -0.4 is 14.7 Å². The van der Waals surface area contributed by atoms with Crippen molar-refractivity contribution < 1.29 is 41.8 Å². The number of benzene rings is 6. The van der Waals surface area contributed by atoms with Crippen LogP contribution >= 0.6 is 25.8 Å². The molecule has 0 aliphatic rings. The second-order valence-electron chi connectivity index (χ2n) is 11.2. The summed E-state index contributed by atoms with van der Waals surface area (Å²) in [6.07, 6.45) is 0. The zero-order valence-electron chi connectivity index (χ0n) is 30.0. The summed E-state index contributed by atoms with van der Waals surface area (Å²) >= 11 is 0. The second kappa shape index (κ2) is 29.3. The molecule has 0 fully saturated rings. The van der Waals surface area contributed by atoms with E-state index in [1.165, 1.54) is 0 Å². The van der Waals surface area contributed by atoms with E-state index in [1.54, 1.807) is 0 Å². The zero-order valence-corrected chi connectivity index (χ0v) is 35.3. The minimum atomic E-state index is -2.08. The number of hydrogen-bond acceptors (Lipinski definition) is 9. The maximum absolute atomic E-state index is 11.5. The fourth-order valence-corrected chi connectivity index (χ4v) is 6.07. The van der Waals surface area contributed by atoms with Gasteiger partial charge in [0.25, 0.3) is 0 Å². The fourth-order valence-electron chi connectivity index (χ4n) is 4.32. The van der Waals surface area contributed by atoms with Gasteiger partial charge in [-0.1, -0.05) is 182 Å². The Balaban J connectivity index is 0.000000220. The Kier molecular flexibility index (Phi) is 24.8. The van der Waals surface area contributed by atoms with E-state index in [9.17, 15) is 14.7 Å². The van der Waals surface area contributed by atoms with Gasteiger partial charge in [0.05, 0.1) is 65.4 Å². The van der Waals surface area contributed by atoms with Crippen molar-refractivity contribution in [3.8, 4) is 0 Å². The van der Waals surface area contributed by atoms with Gasteiger partial charge in [0.1, 0.15) is 0 Å². The van der Waals surface area contributed by atoms with Gasteiger partial charge in [-0.2, -0.15) is 0 Å². The van der Waals surface area contributed by atoms with Gasteiger partial charge in [0, 0.05) is 0 Å². The summed E-state index contributed by atoms with van der Waals surface area (Å²) < 4.78 is 30.8.